The van der Waals surface area contributed by atoms with Crippen LogP contribution in [0.4, 0.5) is 0 Å². The van der Waals surface area contributed by atoms with Crippen LogP contribution < -0.4 is 5.73 Å². The first-order valence-corrected chi connectivity index (χ1v) is 5.92. The molecule has 17 heavy (non-hydrogen) atoms. The number of nitrogens with zero attached hydrogens (tertiary/aromatic N) is 2. The van der Waals surface area contributed by atoms with Crippen LogP contribution >= 0.6 is 0 Å². The molecule has 2 N–H and O–H groups in total. The number of hydrogen-bond acceptors (Lipinski definition) is 3. The van der Waals surface area contributed by atoms with Gasteiger partial charge in [0.15, 0.2) is 0 Å². The predicted molar refractivity (Wildman–Crippen MR) is 64.9 cm³/mol. The second-order valence-corrected chi connectivity index (χ2v) is 5.62. The Morgan fingerprint density at radius 2 is 2.35 bits per heavy atom. The zero-order valence-electron chi connectivity index (χ0n) is 10.2. The summed E-state index contributed by atoms with van der Waals surface area (Å²) >= 11 is 0. The third kappa shape index (κ3) is 1.69. The largest absolute Gasteiger partial charge is 0.362 e. The summed E-state index contributed by atoms with van der Waals surface area (Å²) in [6, 6.07) is 2.25. The molecule has 2 heterocycles. The fourth-order valence-electron chi connectivity index (χ4n) is 2.80. The normalized spacial score (nSPS) is 22.4. The summed E-state index contributed by atoms with van der Waals surface area (Å²) in [5.74, 6) is 0. The number of aromatic nitrogens is 2. The van der Waals surface area contributed by atoms with Crippen molar-refractivity contribution in [3.8, 4) is 5.69 Å². The van der Waals surface area contributed by atoms with Crippen LogP contribution in [0.1, 0.15) is 37.6 Å². The fourth-order valence-corrected chi connectivity index (χ4v) is 2.80. The van der Waals surface area contributed by atoms with Gasteiger partial charge in [-0.05, 0) is 29.9 Å². The van der Waals surface area contributed by atoms with E-state index in [9.17, 15) is 0 Å². The van der Waals surface area contributed by atoms with Crippen molar-refractivity contribution in [3.63, 3.8) is 0 Å². The zero-order chi connectivity index (χ0) is 12.0. The van der Waals surface area contributed by atoms with Gasteiger partial charge in [0.25, 0.3) is 0 Å². The number of rotatable bonds is 1. The third-order valence-corrected chi connectivity index (χ3v) is 3.54. The monoisotopic (exact) mass is 231 g/mol. The molecule has 1 aliphatic rings. The molecular formula is C13H17N3O. The molecule has 4 nitrogen and oxygen atoms in total. The van der Waals surface area contributed by atoms with Crippen LogP contribution in [0.3, 0.4) is 0 Å². The van der Waals surface area contributed by atoms with Gasteiger partial charge < -0.3 is 14.8 Å². The van der Waals surface area contributed by atoms with Crippen LogP contribution in [-0.4, -0.2) is 9.72 Å². The lowest BCUT2D eigenvalue weighted by Gasteiger charge is -2.34. The van der Waals surface area contributed by atoms with Gasteiger partial charge in [-0.3, -0.25) is 0 Å². The zero-order valence-corrected chi connectivity index (χ0v) is 10.2. The summed E-state index contributed by atoms with van der Waals surface area (Å²) in [5, 5.41) is 3.76. The Bertz CT molecular complexity index is 525. The average Bonchev–Trinajstić information content (AvgIpc) is 2.82. The molecule has 0 fully saturated rings. The first-order chi connectivity index (χ1) is 8.07. The van der Waals surface area contributed by atoms with Gasteiger partial charge in [-0.1, -0.05) is 19.0 Å². The molecule has 0 bridgehead atoms. The summed E-state index contributed by atoms with van der Waals surface area (Å²) in [7, 11) is 0. The Hall–Kier alpha value is -1.55. The Balaban J connectivity index is 2.11. The van der Waals surface area contributed by atoms with Crippen molar-refractivity contribution in [2.45, 2.75) is 32.7 Å². The highest BCUT2D eigenvalue weighted by atomic mass is 16.5. The van der Waals surface area contributed by atoms with Crippen LogP contribution in [0.2, 0.25) is 0 Å². The number of hydrogen-bond donors (Lipinski definition) is 1. The Morgan fingerprint density at radius 1 is 1.53 bits per heavy atom. The summed E-state index contributed by atoms with van der Waals surface area (Å²) in [6.07, 6.45) is 7.52. The molecule has 0 saturated heterocycles. The maximum Gasteiger partial charge on any atom is 0.147 e. The molecule has 4 heteroatoms. The topological polar surface area (TPSA) is 57.0 Å². The van der Waals surface area contributed by atoms with Gasteiger partial charge in [0.05, 0.1) is 6.20 Å². The number of fused-ring (bicyclic) bond motifs is 1. The van der Waals surface area contributed by atoms with Crippen LogP contribution in [0.25, 0.3) is 5.69 Å². The van der Waals surface area contributed by atoms with Gasteiger partial charge in [-0.2, -0.15) is 0 Å². The van der Waals surface area contributed by atoms with Gasteiger partial charge in [0.1, 0.15) is 12.0 Å². The summed E-state index contributed by atoms with van der Waals surface area (Å²) < 4.78 is 7.04. The van der Waals surface area contributed by atoms with Gasteiger partial charge in [-0.15, -0.1) is 0 Å². The van der Waals surface area contributed by atoms with Crippen LogP contribution in [0.5, 0.6) is 0 Å². The van der Waals surface area contributed by atoms with Crippen molar-refractivity contribution in [3.05, 3.63) is 36.0 Å². The van der Waals surface area contributed by atoms with Crippen molar-refractivity contribution in [2.75, 3.05) is 0 Å². The molecule has 3 rings (SSSR count). The Morgan fingerprint density at radius 3 is 3.06 bits per heavy atom. The van der Waals surface area contributed by atoms with E-state index in [2.05, 4.69) is 35.8 Å². The van der Waals surface area contributed by atoms with Crippen LogP contribution in [-0.2, 0) is 6.42 Å². The molecule has 0 radical (unpaired) electrons. The first kappa shape index (κ1) is 10.6. The van der Waals surface area contributed by atoms with Gasteiger partial charge in [0, 0.05) is 17.9 Å². The van der Waals surface area contributed by atoms with E-state index in [0.29, 0.717) is 0 Å². The predicted octanol–water partition coefficient (Wildman–Crippen LogP) is 2.44. The van der Waals surface area contributed by atoms with Gasteiger partial charge >= 0.3 is 0 Å². The van der Waals surface area contributed by atoms with Crippen molar-refractivity contribution >= 4 is 0 Å². The second kappa shape index (κ2) is 3.47. The second-order valence-electron chi connectivity index (χ2n) is 5.62. The Labute approximate surface area is 100 Å². The summed E-state index contributed by atoms with van der Waals surface area (Å²) in [6.45, 7) is 4.53. The molecule has 1 unspecified atom stereocenters. The van der Waals surface area contributed by atoms with E-state index in [4.69, 9.17) is 10.3 Å². The molecule has 2 aromatic rings. The van der Waals surface area contributed by atoms with E-state index in [1.54, 1.807) is 12.5 Å². The highest BCUT2D eigenvalue weighted by Crippen LogP contribution is 2.40. The maximum atomic E-state index is 6.24. The van der Waals surface area contributed by atoms with Crippen LogP contribution in [0, 0.1) is 5.41 Å². The molecule has 1 atom stereocenters. The minimum atomic E-state index is 0.134. The molecule has 1 aliphatic carbocycles. The highest BCUT2D eigenvalue weighted by molar-refractivity contribution is 5.38. The van der Waals surface area contributed by atoms with Gasteiger partial charge in [0.2, 0.25) is 0 Å². The molecule has 0 saturated carbocycles. The lowest BCUT2D eigenvalue weighted by Crippen LogP contribution is -2.30. The fraction of sp³-hybridized carbons (Fsp3) is 0.462. The summed E-state index contributed by atoms with van der Waals surface area (Å²) in [5.41, 5.74) is 10.00. The average molecular weight is 231 g/mol. The molecular weight excluding hydrogens is 214 g/mol. The van der Waals surface area contributed by atoms with Crippen molar-refractivity contribution in [1.29, 1.82) is 0 Å². The molecule has 0 spiro atoms. The summed E-state index contributed by atoms with van der Waals surface area (Å²) in [4.78, 5) is 0. The third-order valence-electron chi connectivity index (χ3n) is 3.54. The number of nitrogens with two attached hydrogens (primary N) is 1. The van der Waals surface area contributed by atoms with E-state index >= 15 is 0 Å². The SMILES string of the molecule is CC1(C)Cc2c(ccn2-c2cnoc2)C(N)C1. The van der Waals surface area contributed by atoms with Gasteiger partial charge in [-0.25, -0.2) is 0 Å². The first-order valence-electron chi connectivity index (χ1n) is 5.92. The van der Waals surface area contributed by atoms with Crippen molar-refractivity contribution < 1.29 is 4.52 Å². The molecule has 2 aromatic heterocycles. The van der Waals surface area contributed by atoms with E-state index in [1.807, 2.05) is 0 Å². The van der Waals surface area contributed by atoms with E-state index in [-0.39, 0.29) is 11.5 Å². The molecule has 0 aromatic carbocycles. The lowest BCUT2D eigenvalue weighted by molar-refractivity contribution is 0.278. The molecule has 90 valence electrons. The molecule has 0 aliphatic heterocycles. The molecule has 0 amide bonds. The van der Waals surface area contributed by atoms with E-state index in [1.165, 1.54) is 11.3 Å². The Kier molecular flexibility index (Phi) is 2.16. The van der Waals surface area contributed by atoms with E-state index < -0.39 is 0 Å². The quantitative estimate of drug-likeness (QED) is 0.820. The van der Waals surface area contributed by atoms with Crippen molar-refractivity contribution in [1.82, 2.24) is 9.72 Å². The standard InChI is InChI=1S/C13H17N3O/c1-13(2)5-11(14)10-3-4-16(12(10)6-13)9-7-15-17-8-9/h3-4,7-8,11H,5-6,14H2,1-2H3. The lowest BCUT2D eigenvalue weighted by atomic mass is 9.74. The minimum Gasteiger partial charge on any atom is -0.362 e. The van der Waals surface area contributed by atoms with E-state index in [0.717, 1.165) is 18.5 Å². The smallest absolute Gasteiger partial charge is 0.147 e. The highest BCUT2D eigenvalue weighted by Gasteiger charge is 2.32. The maximum absolute atomic E-state index is 6.24. The van der Waals surface area contributed by atoms with Crippen molar-refractivity contribution in [2.24, 2.45) is 11.1 Å². The minimum absolute atomic E-state index is 0.134. The van der Waals surface area contributed by atoms with Crippen LogP contribution in [0.15, 0.2) is 29.2 Å².